The number of aromatic nitrogens is 4. The first-order chi connectivity index (χ1) is 14.8. The molecule has 1 atom stereocenters. The van der Waals surface area contributed by atoms with Crippen molar-refractivity contribution in [1.82, 2.24) is 19.5 Å². The maximum absolute atomic E-state index is 13.1. The third kappa shape index (κ3) is 4.96. The highest BCUT2D eigenvalue weighted by Gasteiger charge is 2.35. The number of alkyl halides is 3. The summed E-state index contributed by atoms with van der Waals surface area (Å²) in [7, 11) is 1.50. The Morgan fingerprint density at radius 2 is 2.13 bits per heavy atom. The number of ether oxygens (including phenoxy) is 2. The van der Waals surface area contributed by atoms with E-state index in [4.69, 9.17) is 9.47 Å². The van der Waals surface area contributed by atoms with Gasteiger partial charge in [0.15, 0.2) is 10.8 Å². The van der Waals surface area contributed by atoms with Crippen LogP contribution in [0.15, 0.2) is 24.7 Å². The molecule has 1 N–H and O–H groups in total. The third-order valence-corrected chi connectivity index (χ3v) is 6.00. The molecule has 8 nitrogen and oxygen atoms in total. The Kier molecular flexibility index (Phi) is 6.10. The SMILES string of the molecule is COc1ccc2nc(NC(=O)C(CC3CCOCC3)n3cnc(C(F)(F)F)c3)sc2n1. The Balaban J connectivity index is 1.57. The number of carbonyl (C=O) groups excluding carboxylic acids is 1. The monoisotopic (exact) mass is 455 g/mol. The first-order valence-electron chi connectivity index (χ1n) is 9.64. The van der Waals surface area contributed by atoms with Gasteiger partial charge in [0.25, 0.3) is 0 Å². The zero-order chi connectivity index (χ0) is 22.0. The van der Waals surface area contributed by atoms with Gasteiger partial charge in [0.1, 0.15) is 16.4 Å². The van der Waals surface area contributed by atoms with Gasteiger partial charge in [-0.15, -0.1) is 0 Å². The van der Waals surface area contributed by atoms with Crippen LogP contribution >= 0.6 is 11.3 Å². The molecule has 1 aliphatic rings. The summed E-state index contributed by atoms with van der Waals surface area (Å²) in [6.07, 6.45) is -0.793. The number of rotatable bonds is 6. The zero-order valence-corrected chi connectivity index (χ0v) is 17.4. The molecule has 0 saturated carbocycles. The average Bonchev–Trinajstić information content (AvgIpc) is 3.38. The lowest BCUT2D eigenvalue weighted by Crippen LogP contribution is -2.29. The van der Waals surface area contributed by atoms with Crippen LogP contribution in [0, 0.1) is 5.92 Å². The number of hydrogen-bond acceptors (Lipinski definition) is 7. The van der Waals surface area contributed by atoms with Crippen LogP contribution in [-0.4, -0.2) is 45.7 Å². The van der Waals surface area contributed by atoms with Crippen LogP contribution in [0.3, 0.4) is 0 Å². The van der Waals surface area contributed by atoms with Crippen LogP contribution in [0.25, 0.3) is 10.3 Å². The van der Waals surface area contributed by atoms with E-state index in [9.17, 15) is 18.0 Å². The van der Waals surface area contributed by atoms with Crippen LogP contribution in [-0.2, 0) is 15.7 Å². The molecule has 1 fully saturated rings. The highest BCUT2D eigenvalue weighted by atomic mass is 32.1. The molecule has 31 heavy (non-hydrogen) atoms. The fraction of sp³-hybridized carbons (Fsp3) is 0.474. The number of hydrogen-bond donors (Lipinski definition) is 1. The lowest BCUT2D eigenvalue weighted by Gasteiger charge is -2.26. The van der Waals surface area contributed by atoms with E-state index >= 15 is 0 Å². The second-order valence-electron chi connectivity index (χ2n) is 7.20. The number of halogens is 3. The van der Waals surface area contributed by atoms with E-state index in [1.165, 1.54) is 11.7 Å². The van der Waals surface area contributed by atoms with Gasteiger partial charge < -0.3 is 19.4 Å². The second-order valence-corrected chi connectivity index (χ2v) is 8.17. The van der Waals surface area contributed by atoms with Gasteiger partial charge in [-0.05, 0) is 31.2 Å². The van der Waals surface area contributed by atoms with E-state index in [1.54, 1.807) is 12.1 Å². The van der Waals surface area contributed by atoms with Gasteiger partial charge in [-0.2, -0.15) is 13.2 Å². The fourth-order valence-electron chi connectivity index (χ4n) is 3.47. The molecule has 0 spiro atoms. The van der Waals surface area contributed by atoms with E-state index in [-0.39, 0.29) is 5.92 Å². The van der Waals surface area contributed by atoms with Crippen molar-refractivity contribution >= 4 is 32.7 Å². The van der Waals surface area contributed by atoms with E-state index in [2.05, 4.69) is 20.3 Å². The Labute approximate surface area is 179 Å². The number of fused-ring (bicyclic) bond motifs is 1. The molecule has 12 heteroatoms. The molecule has 3 aromatic rings. The largest absolute Gasteiger partial charge is 0.481 e. The van der Waals surface area contributed by atoms with Gasteiger partial charge in [-0.3, -0.25) is 4.79 Å². The normalized spacial score (nSPS) is 16.4. The zero-order valence-electron chi connectivity index (χ0n) is 16.6. The van der Waals surface area contributed by atoms with Gasteiger partial charge in [0.05, 0.1) is 13.4 Å². The molecule has 1 amide bonds. The number of methoxy groups -OCH3 is 1. The number of nitrogens with one attached hydrogen (secondary N) is 1. The number of imidazole rings is 1. The van der Waals surface area contributed by atoms with Crippen molar-refractivity contribution in [2.75, 3.05) is 25.6 Å². The molecule has 4 heterocycles. The van der Waals surface area contributed by atoms with Gasteiger partial charge in [0, 0.05) is 25.5 Å². The first kappa shape index (κ1) is 21.5. The molecular formula is C19H20F3N5O3S. The van der Waals surface area contributed by atoms with Crippen molar-refractivity contribution in [3.8, 4) is 5.88 Å². The molecule has 4 rings (SSSR count). The molecule has 0 radical (unpaired) electrons. The van der Waals surface area contributed by atoms with Gasteiger partial charge in [-0.25, -0.2) is 15.0 Å². The molecule has 1 saturated heterocycles. The maximum Gasteiger partial charge on any atom is 0.434 e. The molecule has 1 unspecified atom stereocenters. The summed E-state index contributed by atoms with van der Waals surface area (Å²) in [5.74, 6) is 0.121. The predicted molar refractivity (Wildman–Crippen MR) is 107 cm³/mol. The van der Waals surface area contributed by atoms with E-state index in [0.29, 0.717) is 41.0 Å². The lowest BCUT2D eigenvalue weighted by atomic mass is 9.92. The van der Waals surface area contributed by atoms with Crippen molar-refractivity contribution in [1.29, 1.82) is 0 Å². The van der Waals surface area contributed by atoms with E-state index in [0.717, 1.165) is 36.7 Å². The Bertz CT molecular complexity index is 1060. The summed E-state index contributed by atoms with van der Waals surface area (Å²) in [6.45, 7) is 1.14. The number of amides is 1. The first-order valence-corrected chi connectivity index (χ1v) is 10.5. The highest BCUT2D eigenvalue weighted by Crippen LogP contribution is 2.32. The fourth-order valence-corrected chi connectivity index (χ4v) is 4.30. The van der Waals surface area contributed by atoms with E-state index < -0.39 is 23.8 Å². The van der Waals surface area contributed by atoms with Crippen molar-refractivity contribution in [2.24, 2.45) is 5.92 Å². The number of anilines is 1. The smallest absolute Gasteiger partial charge is 0.434 e. The number of nitrogens with zero attached hydrogens (tertiary/aromatic N) is 4. The van der Waals surface area contributed by atoms with Gasteiger partial charge in [-0.1, -0.05) is 11.3 Å². The minimum absolute atomic E-state index is 0.155. The lowest BCUT2D eigenvalue weighted by molar-refractivity contribution is -0.141. The van der Waals surface area contributed by atoms with Gasteiger partial charge >= 0.3 is 6.18 Å². The third-order valence-electron chi connectivity index (χ3n) is 5.12. The molecule has 0 bridgehead atoms. The maximum atomic E-state index is 13.1. The summed E-state index contributed by atoms with van der Waals surface area (Å²) in [6, 6.07) is 2.52. The summed E-state index contributed by atoms with van der Waals surface area (Å²) in [5.41, 5.74) is -0.447. The van der Waals surface area contributed by atoms with E-state index in [1.807, 2.05) is 0 Å². The summed E-state index contributed by atoms with van der Waals surface area (Å²) >= 11 is 1.16. The standard InChI is InChI=1S/C19H20F3N5O3S/c1-29-15-3-2-12-17(25-15)31-18(24-12)26-16(28)13(8-11-4-6-30-7-5-11)27-9-14(23-10-27)19(20,21)22/h2-3,9-11,13H,4-8H2,1H3,(H,24,26,28). The molecule has 3 aromatic heterocycles. The van der Waals surface area contributed by atoms with Crippen molar-refractivity contribution in [3.63, 3.8) is 0 Å². The minimum atomic E-state index is -4.58. The van der Waals surface area contributed by atoms with Crippen molar-refractivity contribution < 1.29 is 27.4 Å². The van der Waals surface area contributed by atoms with Crippen molar-refractivity contribution in [3.05, 3.63) is 30.4 Å². The van der Waals surface area contributed by atoms with Crippen LogP contribution in [0.2, 0.25) is 0 Å². The van der Waals surface area contributed by atoms with Crippen LogP contribution in [0.1, 0.15) is 31.0 Å². The summed E-state index contributed by atoms with van der Waals surface area (Å²) in [5, 5.41) is 3.05. The van der Waals surface area contributed by atoms with Crippen LogP contribution in [0.5, 0.6) is 5.88 Å². The molecule has 1 aliphatic heterocycles. The summed E-state index contributed by atoms with van der Waals surface area (Å²) < 4.78 is 50.8. The minimum Gasteiger partial charge on any atom is -0.481 e. The molecule has 0 aliphatic carbocycles. The number of thiazole rings is 1. The van der Waals surface area contributed by atoms with Crippen molar-refractivity contribution in [2.45, 2.75) is 31.5 Å². The predicted octanol–water partition coefficient (Wildman–Crippen LogP) is 3.91. The van der Waals surface area contributed by atoms with Crippen LogP contribution < -0.4 is 10.1 Å². The quantitative estimate of drug-likeness (QED) is 0.606. The average molecular weight is 455 g/mol. The Hall–Kier alpha value is -2.73. The molecular weight excluding hydrogens is 435 g/mol. The Morgan fingerprint density at radius 3 is 2.81 bits per heavy atom. The number of pyridine rings is 1. The summed E-state index contributed by atoms with van der Waals surface area (Å²) in [4.78, 5) is 25.7. The molecule has 0 aromatic carbocycles. The Morgan fingerprint density at radius 1 is 1.35 bits per heavy atom. The number of carbonyl (C=O) groups is 1. The molecule has 166 valence electrons. The van der Waals surface area contributed by atoms with Gasteiger partial charge in [0.2, 0.25) is 11.8 Å². The second kappa shape index (κ2) is 8.79. The topological polar surface area (TPSA) is 91.2 Å². The highest BCUT2D eigenvalue weighted by molar-refractivity contribution is 7.21. The van der Waals surface area contributed by atoms with Crippen LogP contribution in [0.4, 0.5) is 18.3 Å².